The smallest absolute Gasteiger partial charge is 0.227 e. The summed E-state index contributed by atoms with van der Waals surface area (Å²) in [5.41, 5.74) is 3.78. The standard InChI is InChI=1S/C18H20N2O/c1-19-10-13-12-6-2-3-7-14(12)20-16(21)9-11-5-4-8-15(19)17(11)18(13)20/h2-3,6-7,10-11,15,17-18H,4-5,8-9H2,1H3/t11-,15-,17+,18+/m0/s1. The molecule has 1 saturated heterocycles. The van der Waals surface area contributed by atoms with Crippen LogP contribution in [0.3, 0.4) is 0 Å². The van der Waals surface area contributed by atoms with Crippen LogP contribution in [0.5, 0.6) is 0 Å². The van der Waals surface area contributed by atoms with Crippen LogP contribution in [0.2, 0.25) is 0 Å². The van der Waals surface area contributed by atoms with E-state index in [1.165, 1.54) is 30.4 Å². The van der Waals surface area contributed by atoms with Gasteiger partial charge in [0.05, 0.1) is 11.7 Å². The number of carbonyl (C=O) groups is 1. The Morgan fingerprint density at radius 1 is 1.19 bits per heavy atom. The van der Waals surface area contributed by atoms with Crippen molar-refractivity contribution in [1.29, 1.82) is 0 Å². The van der Waals surface area contributed by atoms with Crippen molar-refractivity contribution in [2.45, 2.75) is 37.8 Å². The van der Waals surface area contributed by atoms with Crippen LogP contribution < -0.4 is 4.90 Å². The molecule has 5 rings (SSSR count). The van der Waals surface area contributed by atoms with Gasteiger partial charge in [0.1, 0.15) is 0 Å². The molecule has 1 amide bonds. The second-order valence-corrected chi connectivity index (χ2v) is 7.02. The van der Waals surface area contributed by atoms with Crippen molar-refractivity contribution in [2.24, 2.45) is 11.8 Å². The topological polar surface area (TPSA) is 23.6 Å². The van der Waals surface area contributed by atoms with Gasteiger partial charge < -0.3 is 9.80 Å². The maximum atomic E-state index is 12.7. The lowest BCUT2D eigenvalue weighted by Crippen LogP contribution is -2.60. The molecule has 2 fully saturated rings. The fourth-order valence-corrected chi connectivity index (χ4v) is 5.30. The Kier molecular flexibility index (Phi) is 2.20. The molecule has 0 N–H and O–H groups in total. The minimum absolute atomic E-state index is 0.301. The molecule has 1 aliphatic carbocycles. The summed E-state index contributed by atoms with van der Waals surface area (Å²) < 4.78 is 0. The van der Waals surface area contributed by atoms with Crippen molar-refractivity contribution in [2.75, 3.05) is 11.9 Å². The SMILES string of the molecule is CN1C=C2c3ccccc3N3C(=O)C[C@@H]4CCC[C@H]1[C@@H]4[C@@H]23. The number of amides is 1. The molecule has 0 radical (unpaired) electrons. The average molecular weight is 280 g/mol. The predicted molar refractivity (Wildman–Crippen MR) is 82.7 cm³/mol. The summed E-state index contributed by atoms with van der Waals surface area (Å²) in [4.78, 5) is 17.3. The zero-order valence-electron chi connectivity index (χ0n) is 12.3. The Labute approximate surface area is 125 Å². The summed E-state index contributed by atoms with van der Waals surface area (Å²) in [6, 6.07) is 9.35. The first-order chi connectivity index (χ1) is 10.3. The molecule has 4 aliphatic rings. The maximum absolute atomic E-state index is 12.7. The molecule has 3 heteroatoms. The van der Waals surface area contributed by atoms with Gasteiger partial charge in [0.25, 0.3) is 0 Å². The van der Waals surface area contributed by atoms with Crippen LogP contribution in [-0.2, 0) is 4.79 Å². The molecule has 108 valence electrons. The molecule has 3 heterocycles. The number of hydrogen-bond acceptors (Lipinski definition) is 2. The third-order valence-electron chi connectivity index (χ3n) is 6.07. The minimum Gasteiger partial charge on any atom is -0.377 e. The Bertz CT molecular complexity index is 665. The molecule has 21 heavy (non-hydrogen) atoms. The summed E-state index contributed by atoms with van der Waals surface area (Å²) >= 11 is 0. The first kappa shape index (κ1) is 11.8. The first-order valence-electron chi connectivity index (χ1n) is 8.11. The van der Waals surface area contributed by atoms with E-state index in [-0.39, 0.29) is 0 Å². The molecule has 0 spiro atoms. The van der Waals surface area contributed by atoms with Crippen molar-refractivity contribution in [1.82, 2.24) is 4.90 Å². The first-order valence-corrected chi connectivity index (χ1v) is 8.11. The van der Waals surface area contributed by atoms with Gasteiger partial charge >= 0.3 is 0 Å². The van der Waals surface area contributed by atoms with Gasteiger partial charge in [-0.15, -0.1) is 0 Å². The molecular weight excluding hydrogens is 260 g/mol. The fraction of sp³-hybridized carbons (Fsp3) is 0.500. The van der Waals surface area contributed by atoms with Crippen molar-refractivity contribution < 1.29 is 4.79 Å². The van der Waals surface area contributed by atoms with E-state index in [1.54, 1.807) is 0 Å². The van der Waals surface area contributed by atoms with Crippen molar-refractivity contribution in [3.63, 3.8) is 0 Å². The number of nitrogens with zero attached hydrogens (tertiary/aromatic N) is 2. The summed E-state index contributed by atoms with van der Waals surface area (Å²) in [6.07, 6.45) is 6.83. The number of benzene rings is 1. The van der Waals surface area contributed by atoms with E-state index in [4.69, 9.17) is 0 Å². The number of hydrogen-bond donors (Lipinski definition) is 0. The molecule has 3 aliphatic heterocycles. The van der Waals surface area contributed by atoms with E-state index in [9.17, 15) is 4.79 Å². The molecule has 0 bridgehead atoms. The van der Waals surface area contributed by atoms with Gasteiger partial charge in [-0.2, -0.15) is 0 Å². The van der Waals surface area contributed by atoms with Crippen LogP contribution in [0.4, 0.5) is 5.69 Å². The van der Waals surface area contributed by atoms with Gasteiger partial charge in [0.2, 0.25) is 5.91 Å². The van der Waals surface area contributed by atoms with Gasteiger partial charge in [-0.1, -0.05) is 24.6 Å². The largest absolute Gasteiger partial charge is 0.377 e. The van der Waals surface area contributed by atoms with E-state index in [0.717, 1.165) is 12.1 Å². The maximum Gasteiger partial charge on any atom is 0.227 e. The van der Waals surface area contributed by atoms with Crippen molar-refractivity contribution in [3.05, 3.63) is 36.0 Å². The Balaban J connectivity index is 1.75. The lowest BCUT2D eigenvalue weighted by atomic mass is 9.65. The van der Waals surface area contributed by atoms with Crippen molar-refractivity contribution in [3.8, 4) is 0 Å². The summed E-state index contributed by atoms with van der Waals surface area (Å²) in [5, 5.41) is 0. The Morgan fingerprint density at radius 2 is 2.05 bits per heavy atom. The van der Waals surface area contributed by atoms with E-state index >= 15 is 0 Å². The predicted octanol–water partition coefficient (Wildman–Crippen LogP) is 2.88. The quantitative estimate of drug-likeness (QED) is 0.729. The summed E-state index contributed by atoms with van der Waals surface area (Å²) in [6.45, 7) is 0. The Hall–Kier alpha value is -1.77. The third-order valence-corrected chi connectivity index (χ3v) is 6.07. The fourth-order valence-electron chi connectivity index (χ4n) is 5.30. The zero-order chi connectivity index (χ0) is 14.1. The average Bonchev–Trinajstić information content (AvgIpc) is 2.83. The summed E-state index contributed by atoms with van der Waals surface area (Å²) in [7, 11) is 2.22. The third kappa shape index (κ3) is 1.37. The van der Waals surface area contributed by atoms with Crippen molar-refractivity contribution >= 4 is 17.2 Å². The highest BCUT2D eigenvalue weighted by atomic mass is 16.2. The van der Waals surface area contributed by atoms with Gasteiger partial charge in [0.15, 0.2) is 0 Å². The second-order valence-electron chi connectivity index (χ2n) is 7.02. The number of carbonyl (C=O) groups excluding carboxylic acids is 1. The van der Waals surface area contributed by atoms with Crippen LogP contribution in [0.25, 0.3) is 5.57 Å². The minimum atomic E-state index is 0.301. The monoisotopic (exact) mass is 280 g/mol. The molecule has 1 aromatic carbocycles. The second kappa shape index (κ2) is 3.90. The molecular formula is C18H20N2O. The number of para-hydroxylation sites is 1. The molecule has 0 unspecified atom stereocenters. The van der Waals surface area contributed by atoms with E-state index in [2.05, 4.69) is 47.3 Å². The van der Waals surface area contributed by atoms with E-state index in [0.29, 0.717) is 29.8 Å². The molecule has 1 aromatic rings. The van der Waals surface area contributed by atoms with Gasteiger partial charge in [-0.05, 0) is 24.8 Å². The number of piperidine rings is 1. The number of anilines is 1. The van der Waals surface area contributed by atoms with Crippen LogP contribution >= 0.6 is 0 Å². The number of fused-ring (bicyclic) bond motifs is 3. The van der Waals surface area contributed by atoms with Crippen LogP contribution in [0, 0.1) is 11.8 Å². The molecule has 3 nitrogen and oxygen atoms in total. The normalized spacial score (nSPS) is 36.2. The zero-order valence-corrected chi connectivity index (χ0v) is 12.3. The molecule has 1 saturated carbocycles. The van der Waals surface area contributed by atoms with E-state index in [1.807, 2.05) is 0 Å². The highest BCUT2D eigenvalue weighted by molar-refractivity contribution is 6.06. The number of rotatable bonds is 0. The lowest BCUT2D eigenvalue weighted by molar-refractivity contribution is -0.123. The van der Waals surface area contributed by atoms with Gasteiger partial charge in [0, 0.05) is 42.8 Å². The van der Waals surface area contributed by atoms with Gasteiger partial charge in [-0.3, -0.25) is 4.79 Å². The summed E-state index contributed by atoms with van der Waals surface area (Å²) in [5.74, 6) is 1.54. The van der Waals surface area contributed by atoms with Crippen LogP contribution in [0.15, 0.2) is 30.5 Å². The Morgan fingerprint density at radius 3 is 2.95 bits per heavy atom. The lowest BCUT2D eigenvalue weighted by Gasteiger charge is -2.53. The molecule has 4 atom stereocenters. The highest BCUT2D eigenvalue weighted by Gasteiger charge is 2.54. The highest BCUT2D eigenvalue weighted by Crippen LogP contribution is 2.54. The van der Waals surface area contributed by atoms with Crippen LogP contribution in [0.1, 0.15) is 31.2 Å². The van der Waals surface area contributed by atoms with Gasteiger partial charge in [-0.25, -0.2) is 0 Å². The molecule has 0 aromatic heterocycles. The van der Waals surface area contributed by atoms with Crippen LogP contribution in [-0.4, -0.2) is 29.9 Å². The van der Waals surface area contributed by atoms with E-state index < -0.39 is 0 Å².